The van der Waals surface area contributed by atoms with Crippen LogP contribution >= 0.6 is 15.9 Å². The number of hydrogen-bond donors (Lipinski definition) is 1. The van der Waals surface area contributed by atoms with Crippen molar-refractivity contribution in [2.45, 2.75) is 71.2 Å². The van der Waals surface area contributed by atoms with Crippen molar-refractivity contribution in [1.82, 2.24) is 9.62 Å². The molecule has 3 fully saturated rings. The average Bonchev–Trinajstić information content (AvgIpc) is 3.15. The molecular formula is C24H35BrN2O3S. The molecule has 1 amide bonds. The largest absolute Gasteiger partial charge is 0.348 e. The lowest BCUT2D eigenvalue weighted by molar-refractivity contribution is 0.0737. The van der Waals surface area contributed by atoms with E-state index in [-0.39, 0.29) is 27.7 Å². The van der Waals surface area contributed by atoms with Crippen LogP contribution in [0.25, 0.3) is 0 Å². The summed E-state index contributed by atoms with van der Waals surface area (Å²) < 4.78 is 29.0. The van der Waals surface area contributed by atoms with E-state index in [0.717, 1.165) is 19.3 Å². The van der Waals surface area contributed by atoms with Gasteiger partial charge in [-0.25, -0.2) is 8.42 Å². The summed E-state index contributed by atoms with van der Waals surface area (Å²) in [6.45, 7) is 12.0. The van der Waals surface area contributed by atoms with Crippen LogP contribution in [0.5, 0.6) is 0 Å². The third-order valence-corrected chi connectivity index (χ3v) is 11.0. The molecule has 0 radical (unpaired) electrons. The highest BCUT2D eigenvalue weighted by Crippen LogP contribution is 2.62. The quantitative estimate of drug-likeness (QED) is 0.615. The summed E-state index contributed by atoms with van der Waals surface area (Å²) in [4.78, 5) is 13.4. The molecule has 1 aromatic rings. The lowest BCUT2D eigenvalue weighted by Gasteiger charge is -2.43. The van der Waals surface area contributed by atoms with Crippen LogP contribution in [-0.4, -0.2) is 37.8 Å². The van der Waals surface area contributed by atoms with Crippen LogP contribution in [0.3, 0.4) is 0 Å². The van der Waals surface area contributed by atoms with Gasteiger partial charge < -0.3 is 5.32 Å². The molecule has 1 aromatic carbocycles. The normalized spacial score (nSPS) is 35.3. The van der Waals surface area contributed by atoms with E-state index in [1.165, 1.54) is 6.42 Å². The molecule has 4 rings (SSSR count). The third-order valence-electron chi connectivity index (χ3n) is 8.19. The van der Waals surface area contributed by atoms with E-state index in [9.17, 15) is 13.2 Å². The standard InChI is InChI=1S/C24H35BrN2O3S/c1-15-10-16(2)14-27(13-15)31(29,30)20-11-17(6-7-19(20)25)21(28)26-22-23(3,4)18-8-9-24(22,5)12-18/h6-7,11,15-16,18,22H,8-10,12-14H2,1-5H3,(H,26,28)/t15?,16?,18-,22?,24-/m0/s1. The maximum Gasteiger partial charge on any atom is 0.251 e. The van der Waals surface area contributed by atoms with E-state index in [1.807, 2.05) is 0 Å². The Kier molecular flexibility index (Phi) is 5.88. The summed E-state index contributed by atoms with van der Waals surface area (Å²) in [7, 11) is -3.68. The number of fused-ring (bicyclic) bond motifs is 2. The van der Waals surface area contributed by atoms with Gasteiger partial charge in [0.2, 0.25) is 10.0 Å². The van der Waals surface area contributed by atoms with Gasteiger partial charge in [-0.2, -0.15) is 4.31 Å². The predicted molar refractivity (Wildman–Crippen MR) is 126 cm³/mol. The van der Waals surface area contributed by atoms with Crippen molar-refractivity contribution in [2.75, 3.05) is 13.1 Å². The summed E-state index contributed by atoms with van der Waals surface area (Å²) in [5, 5.41) is 3.29. The average molecular weight is 512 g/mol. The second kappa shape index (κ2) is 7.84. The van der Waals surface area contributed by atoms with Crippen LogP contribution in [0.4, 0.5) is 0 Å². The molecule has 1 saturated heterocycles. The number of hydrogen-bond acceptors (Lipinski definition) is 3. The molecule has 2 aliphatic carbocycles. The second-order valence-corrected chi connectivity index (χ2v) is 14.0. The van der Waals surface area contributed by atoms with Crippen LogP contribution in [0.15, 0.2) is 27.6 Å². The zero-order valence-corrected chi connectivity index (χ0v) is 21.6. The Morgan fingerprint density at radius 3 is 2.39 bits per heavy atom. The minimum atomic E-state index is -3.68. The number of nitrogens with one attached hydrogen (secondary N) is 1. The number of sulfonamides is 1. The van der Waals surface area contributed by atoms with E-state index in [4.69, 9.17) is 0 Å². The van der Waals surface area contributed by atoms with Gasteiger partial charge in [0.15, 0.2) is 0 Å². The second-order valence-electron chi connectivity index (χ2n) is 11.2. The number of rotatable bonds is 4. The molecule has 0 aromatic heterocycles. The number of carbonyl (C=O) groups excluding carboxylic acids is 1. The van der Waals surface area contributed by atoms with Crippen molar-refractivity contribution < 1.29 is 13.2 Å². The number of nitrogens with zero attached hydrogens (tertiary/aromatic N) is 1. The first-order valence-electron chi connectivity index (χ1n) is 11.4. The number of benzene rings is 1. The van der Waals surface area contributed by atoms with Crippen LogP contribution in [0.1, 0.15) is 70.7 Å². The summed E-state index contributed by atoms with van der Waals surface area (Å²) in [6.07, 6.45) is 4.55. The molecule has 5 nitrogen and oxygen atoms in total. The summed E-state index contributed by atoms with van der Waals surface area (Å²) in [5.74, 6) is 1.09. The lowest BCUT2D eigenvalue weighted by atomic mass is 9.68. The summed E-state index contributed by atoms with van der Waals surface area (Å²) in [5.41, 5.74) is 0.573. The maximum absolute atomic E-state index is 13.4. The number of amides is 1. The highest BCUT2D eigenvalue weighted by molar-refractivity contribution is 9.10. The van der Waals surface area contributed by atoms with Crippen molar-refractivity contribution in [3.63, 3.8) is 0 Å². The number of piperidine rings is 1. The van der Waals surface area contributed by atoms with Crippen molar-refractivity contribution >= 4 is 31.9 Å². The van der Waals surface area contributed by atoms with Crippen LogP contribution in [-0.2, 0) is 10.0 Å². The Bertz CT molecular complexity index is 978. The number of halogens is 1. The fourth-order valence-electron chi connectivity index (χ4n) is 6.66. The van der Waals surface area contributed by atoms with Crippen molar-refractivity contribution in [3.8, 4) is 0 Å². The first-order chi connectivity index (χ1) is 14.3. The fourth-order valence-corrected chi connectivity index (χ4v) is 9.29. The van der Waals surface area contributed by atoms with E-state index >= 15 is 0 Å². The molecular weight excluding hydrogens is 476 g/mol. The third kappa shape index (κ3) is 3.99. The van der Waals surface area contributed by atoms with Gasteiger partial charge in [-0.05, 0) is 88.4 Å². The maximum atomic E-state index is 13.4. The molecule has 3 unspecified atom stereocenters. The van der Waals surface area contributed by atoms with Crippen molar-refractivity contribution in [2.24, 2.45) is 28.6 Å². The molecule has 2 saturated carbocycles. The van der Waals surface area contributed by atoms with Crippen molar-refractivity contribution in [3.05, 3.63) is 28.2 Å². The molecule has 5 atom stereocenters. The Balaban J connectivity index is 1.60. The van der Waals surface area contributed by atoms with Gasteiger partial charge in [0, 0.05) is 29.2 Å². The zero-order valence-electron chi connectivity index (χ0n) is 19.2. The summed E-state index contributed by atoms with van der Waals surface area (Å²) >= 11 is 3.42. The van der Waals surface area contributed by atoms with Gasteiger partial charge >= 0.3 is 0 Å². The Morgan fingerprint density at radius 1 is 1.16 bits per heavy atom. The minimum Gasteiger partial charge on any atom is -0.348 e. The van der Waals surface area contributed by atoms with E-state index in [1.54, 1.807) is 22.5 Å². The van der Waals surface area contributed by atoms with E-state index < -0.39 is 10.0 Å². The monoisotopic (exact) mass is 510 g/mol. The van der Waals surface area contributed by atoms with E-state index in [2.05, 4.69) is 55.9 Å². The molecule has 0 spiro atoms. The van der Waals surface area contributed by atoms with Gasteiger partial charge in [0.05, 0.1) is 4.90 Å². The topological polar surface area (TPSA) is 66.5 Å². The van der Waals surface area contributed by atoms with Gasteiger partial charge in [-0.1, -0.05) is 34.6 Å². The Morgan fingerprint density at radius 2 is 1.81 bits per heavy atom. The SMILES string of the molecule is CC1CC(C)CN(S(=O)(=O)c2cc(C(=O)NC3C(C)(C)[C@H]4CC[C@@]3(C)C4)ccc2Br)C1. The Labute approximate surface area is 195 Å². The molecule has 1 aliphatic heterocycles. The molecule has 1 heterocycles. The highest BCUT2D eigenvalue weighted by Gasteiger charge is 2.59. The van der Waals surface area contributed by atoms with E-state index in [0.29, 0.717) is 40.9 Å². The fraction of sp³-hybridized carbons (Fsp3) is 0.708. The minimum absolute atomic E-state index is 0.0486. The van der Waals surface area contributed by atoms with Gasteiger partial charge in [-0.15, -0.1) is 0 Å². The number of carbonyl (C=O) groups is 1. The van der Waals surface area contributed by atoms with Gasteiger partial charge in [0.25, 0.3) is 5.91 Å². The first kappa shape index (κ1) is 23.2. The van der Waals surface area contributed by atoms with Crippen LogP contribution < -0.4 is 5.32 Å². The lowest BCUT2D eigenvalue weighted by Crippen LogP contribution is -2.52. The first-order valence-corrected chi connectivity index (χ1v) is 13.7. The van der Waals surface area contributed by atoms with Gasteiger partial charge in [0.1, 0.15) is 0 Å². The molecule has 7 heteroatoms. The van der Waals surface area contributed by atoms with Crippen molar-refractivity contribution in [1.29, 1.82) is 0 Å². The Hall–Kier alpha value is -0.920. The zero-order chi connectivity index (χ0) is 22.8. The summed E-state index contributed by atoms with van der Waals surface area (Å²) in [6, 6.07) is 5.04. The molecule has 1 N–H and O–H groups in total. The van der Waals surface area contributed by atoms with Crippen LogP contribution in [0, 0.1) is 28.6 Å². The molecule has 172 valence electrons. The van der Waals surface area contributed by atoms with Gasteiger partial charge in [-0.3, -0.25) is 4.79 Å². The smallest absolute Gasteiger partial charge is 0.251 e. The molecule has 31 heavy (non-hydrogen) atoms. The van der Waals surface area contributed by atoms with Crippen LogP contribution in [0.2, 0.25) is 0 Å². The highest BCUT2D eigenvalue weighted by atomic mass is 79.9. The molecule has 2 bridgehead atoms. The molecule has 3 aliphatic rings. The predicted octanol–water partition coefficient (Wildman–Crippen LogP) is 5.06.